The van der Waals surface area contributed by atoms with E-state index in [0.717, 1.165) is 22.3 Å². The van der Waals surface area contributed by atoms with Gasteiger partial charge in [0.2, 0.25) is 0 Å². The Kier molecular flexibility index (Phi) is 7.76. The van der Waals surface area contributed by atoms with Crippen LogP contribution in [-0.4, -0.2) is 23.4 Å². The Morgan fingerprint density at radius 2 is 1.00 bits per heavy atom. The number of benzene rings is 3. The summed E-state index contributed by atoms with van der Waals surface area (Å²) in [6.45, 7) is 1.33. The molecular formula is C24H26O4. The Morgan fingerprint density at radius 1 is 0.571 bits per heavy atom. The van der Waals surface area contributed by atoms with Gasteiger partial charge in [0.1, 0.15) is 12.2 Å². The van der Waals surface area contributed by atoms with E-state index >= 15 is 0 Å². The van der Waals surface area contributed by atoms with E-state index in [1.165, 1.54) is 0 Å². The predicted molar refractivity (Wildman–Crippen MR) is 109 cm³/mol. The third-order valence-corrected chi connectivity index (χ3v) is 4.45. The molecule has 4 nitrogen and oxygen atoms in total. The molecule has 0 fully saturated rings. The molecule has 28 heavy (non-hydrogen) atoms. The molecule has 3 rings (SSSR count). The zero-order chi connectivity index (χ0) is 19.6. The van der Waals surface area contributed by atoms with Gasteiger partial charge in [-0.05, 0) is 22.3 Å². The Morgan fingerprint density at radius 3 is 1.43 bits per heavy atom. The van der Waals surface area contributed by atoms with Crippen LogP contribution in [0.15, 0.2) is 84.9 Å². The molecule has 0 unspecified atom stereocenters. The van der Waals surface area contributed by atoms with Crippen LogP contribution in [0.1, 0.15) is 34.5 Å². The summed E-state index contributed by atoms with van der Waals surface area (Å²) in [6, 6.07) is 26.9. The van der Waals surface area contributed by atoms with E-state index in [-0.39, 0.29) is 13.2 Å². The van der Waals surface area contributed by atoms with Gasteiger partial charge in [-0.25, -0.2) is 0 Å². The van der Waals surface area contributed by atoms with Gasteiger partial charge in [0.15, 0.2) is 0 Å². The van der Waals surface area contributed by atoms with Gasteiger partial charge in [0.25, 0.3) is 0 Å². The average Bonchev–Trinajstić information content (AvgIpc) is 2.75. The summed E-state index contributed by atoms with van der Waals surface area (Å²) in [5.74, 6) is 0. The minimum absolute atomic E-state index is 0.244. The second-order valence-corrected chi connectivity index (χ2v) is 6.70. The average molecular weight is 378 g/mol. The van der Waals surface area contributed by atoms with E-state index in [9.17, 15) is 10.2 Å². The van der Waals surface area contributed by atoms with Gasteiger partial charge in [-0.2, -0.15) is 0 Å². The molecule has 0 saturated heterocycles. The Balaban J connectivity index is 1.42. The third kappa shape index (κ3) is 6.29. The van der Waals surface area contributed by atoms with Crippen LogP contribution in [-0.2, 0) is 22.7 Å². The first kappa shape index (κ1) is 20.2. The fourth-order valence-electron chi connectivity index (χ4n) is 2.93. The van der Waals surface area contributed by atoms with Crippen molar-refractivity contribution in [2.75, 3.05) is 13.2 Å². The minimum atomic E-state index is -0.632. The van der Waals surface area contributed by atoms with Crippen LogP contribution >= 0.6 is 0 Å². The molecule has 0 radical (unpaired) electrons. The first-order valence-electron chi connectivity index (χ1n) is 9.41. The molecule has 0 aliphatic heterocycles. The molecule has 3 aromatic rings. The summed E-state index contributed by atoms with van der Waals surface area (Å²) in [6.07, 6.45) is -1.26. The van der Waals surface area contributed by atoms with Crippen molar-refractivity contribution in [3.8, 4) is 0 Å². The molecule has 0 heterocycles. The quantitative estimate of drug-likeness (QED) is 0.555. The Labute approximate surface area is 166 Å². The van der Waals surface area contributed by atoms with Crippen LogP contribution < -0.4 is 0 Å². The highest BCUT2D eigenvalue weighted by Crippen LogP contribution is 2.16. The molecular weight excluding hydrogens is 352 g/mol. The van der Waals surface area contributed by atoms with Gasteiger partial charge in [0, 0.05) is 0 Å². The smallest absolute Gasteiger partial charge is 0.102 e. The molecule has 0 aliphatic carbocycles. The summed E-state index contributed by atoms with van der Waals surface area (Å²) in [7, 11) is 0. The zero-order valence-electron chi connectivity index (χ0n) is 15.8. The van der Waals surface area contributed by atoms with Crippen LogP contribution in [0, 0.1) is 0 Å². The normalized spacial score (nSPS) is 13.2. The van der Waals surface area contributed by atoms with Gasteiger partial charge < -0.3 is 19.7 Å². The third-order valence-electron chi connectivity index (χ3n) is 4.45. The SMILES string of the molecule is O[C@H](COCc1cccc(COC[C@@H](O)c2ccccc2)c1)c1ccccc1. The van der Waals surface area contributed by atoms with Crippen molar-refractivity contribution in [3.63, 3.8) is 0 Å². The summed E-state index contributed by atoms with van der Waals surface area (Å²) >= 11 is 0. The first-order valence-corrected chi connectivity index (χ1v) is 9.41. The molecule has 0 bridgehead atoms. The molecule has 0 aromatic heterocycles. The van der Waals surface area contributed by atoms with Crippen LogP contribution in [0.4, 0.5) is 0 Å². The van der Waals surface area contributed by atoms with Crippen molar-refractivity contribution >= 4 is 0 Å². The summed E-state index contributed by atoms with van der Waals surface area (Å²) < 4.78 is 11.3. The fraction of sp³-hybridized carbons (Fsp3) is 0.250. The van der Waals surface area contributed by atoms with E-state index in [2.05, 4.69) is 0 Å². The topological polar surface area (TPSA) is 58.9 Å². The second-order valence-electron chi connectivity index (χ2n) is 6.70. The summed E-state index contributed by atoms with van der Waals surface area (Å²) in [5.41, 5.74) is 3.73. The van der Waals surface area contributed by atoms with Gasteiger partial charge >= 0.3 is 0 Å². The molecule has 2 N–H and O–H groups in total. The summed E-state index contributed by atoms with van der Waals surface area (Å²) in [5, 5.41) is 20.3. The highest BCUT2D eigenvalue weighted by atomic mass is 16.5. The lowest BCUT2D eigenvalue weighted by molar-refractivity contribution is 0.0258. The molecule has 3 aromatic carbocycles. The molecule has 0 amide bonds. The highest BCUT2D eigenvalue weighted by Gasteiger charge is 2.08. The number of hydrogen-bond acceptors (Lipinski definition) is 4. The minimum Gasteiger partial charge on any atom is -0.386 e. The van der Waals surface area contributed by atoms with Gasteiger partial charge in [-0.1, -0.05) is 84.9 Å². The van der Waals surface area contributed by atoms with Crippen molar-refractivity contribution in [3.05, 3.63) is 107 Å². The maximum atomic E-state index is 10.1. The predicted octanol–water partition coefficient (Wildman–Crippen LogP) is 4.19. The maximum absolute atomic E-state index is 10.1. The molecule has 146 valence electrons. The van der Waals surface area contributed by atoms with Crippen LogP contribution in [0.2, 0.25) is 0 Å². The van der Waals surface area contributed by atoms with E-state index in [0.29, 0.717) is 13.2 Å². The van der Waals surface area contributed by atoms with Crippen molar-refractivity contribution in [2.24, 2.45) is 0 Å². The lowest BCUT2D eigenvalue weighted by Crippen LogP contribution is -2.08. The zero-order valence-corrected chi connectivity index (χ0v) is 15.8. The van der Waals surface area contributed by atoms with Crippen molar-refractivity contribution < 1.29 is 19.7 Å². The van der Waals surface area contributed by atoms with E-state index in [1.54, 1.807) is 0 Å². The standard InChI is InChI=1S/C24H26O4/c25-23(21-10-3-1-4-11-21)17-27-15-19-8-7-9-20(14-19)16-28-18-24(26)22-12-5-2-6-13-22/h1-14,23-26H,15-18H2/t23-,24-/m1/s1. The largest absolute Gasteiger partial charge is 0.386 e. The summed E-state index contributed by atoms with van der Waals surface area (Å²) in [4.78, 5) is 0. The Hall–Kier alpha value is -2.50. The lowest BCUT2D eigenvalue weighted by atomic mass is 10.1. The van der Waals surface area contributed by atoms with Crippen LogP contribution in [0.25, 0.3) is 0 Å². The van der Waals surface area contributed by atoms with Gasteiger partial charge in [0.05, 0.1) is 26.4 Å². The number of rotatable bonds is 10. The fourth-order valence-corrected chi connectivity index (χ4v) is 2.93. The van der Waals surface area contributed by atoms with Crippen LogP contribution in [0.5, 0.6) is 0 Å². The van der Waals surface area contributed by atoms with Gasteiger partial charge in [-0.15, -0.1) is 0 Å². The molecule has 0 aliphatic rings. The van der Waals surface area contributed by atoms with Crippen molar-refractivity contribution in [2.45, 2.75) is 25.4 Å². The molecule has 0 spiro atoms. The van der Waals surface area contributed by atoms with E-state index in [1.807, 2.05) is 84.9 Å². The van der Waals surface area contributed by atoms with E-state index in [4.69, 9.17) is 9.47 Å². The highest BCUT2D eigenvalue weighted by molar-refractivity contribution is 5.23. The number of aliphatic hydroxyl groups excluding tert-OH is 2. The molecule has 2 atom stereocenters. The van der Waals surface area contributed by atoms with Crippen molar-refractivity contribution in [1.29, 1.82) is 0 Å². The second kappa shape index (κ2) is 10.7. The monoisotopic (exact) mass is 378 g/mol. The number of hydrogen-bond donors (Lipinski definition) is 2. The lowest BCUT2D eigenvalue weighted by Gasteiger charge is -2.13. The number of aliphatic hydroxyl groups is 2. The van der Waals surface area contributed by atoms with Crippen LogP contribution in [0.3, 0.4) is 0 Å². The van der Waals surface area contributed by atoms with E-state index < -0.39 is 12.2 Å². The first-order chi connectivity index (χ1) is 13.7. The molecule has 0 saturated carbocycles. The Bertz CT molecular complexity index is 754. The number of ether oxygens (including phenoxy) is 2. The maximum Gasteiger partial charge on any atom is 0.102 e. The molecule has 4 heteroatoms. The van der Waals surface area contributed by atoms with Crippen molar-refractivity contribution in [1.82, 2.24) is 0 Å². The van der Waals surface area contributed by atoms with Gasteiger partial charge in [-0.3, -0.25) is 0 Å².